The number of nitrogens with zero attached hydrogens (tertiary/aromatic N) is 4. The lowest BCUT2D eigenvalue weighted by Crippen LogP contribution is -2.30. The van der Waals surface area contributed by atoms with Crippen molar-refractivity contribution in [3.05, 3.63) is 71.3 Å². The molecule has 3 heterocycles. The van der Waals surface area contributed by atoms with E-state index < -0.39 is 0 Å². The van der Waals surface area contributed by atoms with Crippen molar-refractivity contribution in [1.82, 2.24) is 24.6 Å². The smallest absolute Gasteiger partial charge is 0.225 e. The van der Waals surface area contributed by atoms with E-state index in [9.17, 15) is 4.79 Å². The minimum Gasteiger partial charge on any atom is -0.342 e. The van der Waals surface area contributed by atoms with E-state index in [1.54, 1.807) is 0 Å². The molecule has 2 fully saturated rings. The van der Waals surface area contributed by atoms with Crippen molar-refractivity contribution in [3.8, 4) is 22.5 Å². The molecule has 180 valence electrons. The van der Waals surface area contributed by atoms with Gasteiger partial charge in [-0.15, -0.1) is 0 Å². The van der Waals surface area contributed by atoms with E-state index in [1.807, 2.05) is 12.3 Å². The monoisotopic (exact) mass is 539 g/mol. The number of nitrogens with one attached hydrogen (secondary N) is 1. The summed E-state index contributed by atoms with van der Waals surface area (Å²) in [4.78, 5) is 19.7. The molecule has 1 N–H and O–H groups in total. The number of fused-ring (bicyclic) bond motifs is 2. The molecule has 2 aromatic heterocycles. The van der Waals surface area contributed by atoms with Crippen molar-refractivity contribution in [2.75, 3.05) is 13.1 Å². The zero-order valence-electron chi connectivity index (χ0n) is 19.8. The van der Waals surface area contributed by atoms with Crippen LogP contribution in [0, 0.1) is 11.8 Å². The number of halogens is 1. The van der Waals surface area contributed by atoms with Crippen molar-refractivity contribution in [2.45, 2.75) is 25.8 Å². The van der Waals surface area contributed by atoms with Crippen LogP contribution in [0.5, 0.6) is 0 Å². The summed E-state index contributed by atoms with van der Waals surface area (Å²) >= 11 is 3.64. The van der Waals surface area contributed by atoms with E-state index in [0.29, 0.717) is 11.8 Å². The molecule has 1 amide bonds. The molecule has 1 saturated heterocycles. The van der Waals surface area contributed by atoms with Crippen LogP contribution in [-0.2, 0) is 11.3 Å². The maximum Gasteiger partial charge on any atom is 0.225 e. The van der Waals surface area contributed by atoms with Crippen LogP contribution in [0.15, 0.2) is 71.3 Å². The molecule has 1 aliphatic heterocycles. The molecular weight excluding hydrogens is 514 g/mol. The van der Waals surface area contributed by atoms with Crippen LogP contribution in [0.25, 0.3) is 44.5 Å². The Balaban J connectivity index is 1.21. The lowest BCUT2D eigenvalue weighted by molar-refractivity contribution is -0.131. The number of likely N-dealkylation sites (tertiary alicyclic amines) is 1. The highest BCUT2D eigenvalue weighted by Gasteiger charge is 2.36. The number of hydrogen-bond donors (Lipinski definition) is 1. The highest BCUT2D eigenvalue weighted by atomic mass is 79.9. The first-order chi connectivity index (χ1) is 17.6. The van der Waals surface area contributed by atoms with Gasteiger partial charge in [0.15, 0.2) is 0 Å². The quantitative estimate of drug-likeness (QED) is 0.286. The number of hydrogen-bond acceptors (Lipinski definition) is 3. The van der Waals surface area contributed by atoms with Crippen molar-refractivity contribution in [1.29, 1.82) is 0 Å². The van der Waals surface area contributed by atoms with Gasteiger partial charge in [-0.05, 0) is 60.6 Å². The highest BCUT2D eigenvalue weighted by Crippen LogP contribution is 2.35. The van der Waals surface area contributed by atoms with Crippen LogP contribution in [-0.4, -0.2) is 43.6 Å². The Kier molecular flexibility index (Phi) is 5.20. The van der Waals surface area contributed by atoms with Gasteiger partial charge in [0.25, 0.3) is 0 Å². The van der Waals surface area contributed by atoms with Gasteiger partial charge in [-0.1, -0.05) is 52.3 Å². The van der Waals surface area contributed by atoms with Gasteiger partial charge in [0.05, 0.1) is 22.7 Å². The van der Waals surface area contributed by atoms with E-state index in [4.69, 9.17) is 4.98 Å². The van der Waals surface area contributed by atoms with E-state index in [-0.39, 0.29) is 5.92 Å². The van der Waals surface area contributed by atoms with Gasteiger partial charge in [-0.25, -0.2) is 4.98 Å². The van der Waals surface area contributed by atoms with Crippen LogP contribution in [0.4, 0.5) is 0 Å². The fourth-order valence-corrected chi connectivity index (χ4v) is 5.81. The molecule has 1 unspecified atom stereocenters. The van der Waals surface area contributed by atoms with Gasteiger partial charge < -0.3 is 9.47 Å². The molecule has 3 aromatic carbocycles. The number of amides is 1. The lowest BCUT2D eigenvalue weighted by atomic mass is 10.0. The summed E-state index contributed by atoms with van der Waals surface area (Å²) < 4.78 is 3.39. The third-order valence-corrected chi connectivity index (χ3v) is 8.09. The van der Waals surface area contributed by atoms with Gasteiger partial charge in [-0.3, -0.25) is 9.89 Å². The molecule has 7 heteroatoms. The standard InChI is InChI=1S/C29H26BrN5O/c30-24-9-10-25-27(14-24)35(17-18-11-12-34(16-18)29(36)21-5-6-21)28(32-25)20-3-1-19(2-4-20)22-7-8-23-15-31-33-26(23)13-22/h1-4,7-10,13-15,18,21H,5-6,11-12,16-17H2,(H,31,33). The Morgan fingerprint density at radius 3 is 2.61 bits per heavy atom. The van der Waals surface area contributed by atoms with Crippen LogP contribution < -0.4 is 0 Å². The molecule has 6 nitrogen and oxygen atoms in total. The average molecular weight is 540 g/mol. The second-order valence-electron chi connectivity index (χ2n) is 10.1. The molecular formula is C29H26BrN5O. The number of imidazole rings is 1. The van der Waals surface area contributed by atoms with Gasteiger partial charge in [0.1, 0.15) is 5.82 Å². The van der Waals surface area contributed by atoms with Crippen LogP contribution in [0.1, 0.15) is 19.3 Å². The van der Waals surface area contributed by atoms with E-state index in [1.165, 1.54) is 0 Å². The minimum atomic E-state index is 0.289. The Hall–Kier alpha value is -3.45. The predicted octanol–water partition coefficient (Wildman–Crippen LogP) is 6.27. The molecule has 36 heavy (non-hydrogen) atoms. The highest BCUT2D eigenvalue weighted by molar-refractivity contribution is 9.10. The van der Waals surface area contributed by atoms with Crippen LogP contribution >= 0.6 is 15.9 Å². The summed E-state index contributed by atoms with van der Waals surface area (Å²) in [6.07, 6.45) is 5.02. The van der Waals surface area contributed by atoms with Gasteiger partial charge in [0, 0.05) is 41.0 Å². The first-order valence-electron chi connectivity index (χ1n) is 12.6. The zero-order valence-corrected chi connectivity index (χ0v) is 21.4. The Labute approximate surface area is 217 Å². The molecule has 2 aliphatic rings. The van der Waals surface area contributed by atoms with Crippen molar-refractivity contribution < 1.29 is 4.79 Å². The summed E-state index contributed by atoms with van der Waals surface area (Å²) in [5, 5.41) is 8.30. The number of H-pyrrole nitrogens is 1. The largest absolute Gasteiger partial charge is 0.342 e. The number of rotatable bonds is 5. The first-order valence-corrected chi connectivity index (χ1v) is 13.4. The summed E-state index contributed by atoms with van der Waals surface area (Å²) in [5.41, 5.74) is 6.56. The molecule has 0 bridgehead atoms. The van der Waals surface area contributed by atoms with Crippen molar-refractivity contribution >= 4 is 43.8 Å². The average Bonchev–Trinajstić information content (AvgIpc) is 3.30. The molecule has 0 spiro atoms. The zero-order chi connectivity index (χ0) is 24.2. The normalized spacial score (nSPS) is 17.9. The fourth-order valence-electron chi connectivity index (χ4n) is 5.46. The van der Waals surface area contributed by atoms with Gasteiger partial charge >= 0.3 is 0 Å². The van der Waals surface area contributed by atoms with Gasteiger partial charge in [-0.2, -0.15) is 5.10 Å². The number of benzene rings is 3. The topological polar surface area (TPSA) is 66.8 Å². The van der Waals surface area contributed by atoms with Crippen molar-refractivity contribution in [3.63, 3.8) is 0 Å². The summed E-state index contributed by atoms with van der Waals surface area (Å²) in [5.74, 6) is 2.06. The molecule has 0 radical (unpaired) electrons. The molecule has 1 saturated carbocycles. The maximum atomic E-state index is 12.6. The molecule has 7 rings (SSSR count). The predicted molar refractivity (Wildman–Crippen MR) is 145 cm³/mol. The fraction of sp³-hybridized carbons (Fsp3) is 0.276. The number of carbonyl (C=O) groups excluding carboxylic acids is 1. The molecule has 1 atom stereocenters. The minimum absolute atomic E-state index is 0.289. The third-order valence-electron chi connectivity index (χ3n) is 7.59. The first kappa shape index (κ1) is 21.8. The molecule has 1 aliphatic carbocycles. The number of aromatic nitrogens is 4. The Morgan fingerprint density at radius 2 is 1.78 bits per heavy atom. The van der Waals surface area contributed by atoms with E-state index in [0.717, 1.165) is 87.8 Å². The van der Waals surface area contributed by atoms with Crippen LogP contribution in [0.3, 0.4) is 0 Å². The van der Waals surface area contributed by atoms with Gasteiger partial charge in [0.2, 0.25) is 5.91 Å². The van der Waals surface area contributed by atoms with Crippen LogP contribution in [0.2, 0.25) is 0 Å². The maximum absolute atomic E-state index is 12.6. The number of aromatic amines is 1. The van der Waals surface area contributed by atoms with Crippen molar-refractivity contribution in [2.24, 2.45) is 11.8 Å². The lowest BCUT2D eigenvalue weighted by Gasteiger charge is -2.18. The Bertz CT molecular complexity index is 1600. The molecule has 5 aromatic rings. The SMILES string of the molecule is O=C(C1CC1)N1CCC(Cn2c(-c3ccc(-c4ccc5cn[nH]c5c4)cc3)nc3ccc(Br)cc32)C1. The third kappa shape index (κ3) is 3.91. The van der Waals surface area contributed by atoms with E-state index >= 15 is 0 Å². The second-order valence-corrected chi connectivity index (χ2v) is 11.1. The summed E-state index contributed by atoms with van der Waals surface area (Å²) in [7, 11) is 0. The second kappa shape index (κ2) is 8.59. The number of carbonyl (C=O) groups is 1. The summed E-state index contributed by atoms with van der Waals surface area (Å²) in [6, 6.07) is 21.3. The summed E-state index contributed by atoms with van der Waals surface area (Å²) in [6.45, 7) is 2.58. The Morgan fingerprint density at radius 1 is 0.972 bits per heavy atom. The van der Waals surface area contributed by atoms with E-state index in [2.05, 4.69) is 90.2 Å².